The molecule has 3 fully saturated rings. The van der Waals surface area contributed by atoms with Gasteiger partial charge in [0.2, 0.25) is 23.6 Å². The van der Waals surface area contributed by atoms with Crippen molar-refractivity contribution in [3.05, 3.63) is 71.4 Å². The SMILES string of the molecule is Cc1ccc(CCCC(=O)NCCOCCC(NC(=O)CN2CCN(COC=O)CCN(COC=O)CCN(CC(=O)O)CC2)C(=O)NCCSC[C@@H](O)C(=O)N2CCN(CCCCOc3ccc4nccc(C(=O)NCC(=O)N5CC(C)(F)C[C@@H]5C#N)c4c3)CC2)cc1. The van der Waals surface area contributed by atoms with E-state index in [9.17, 15) is 63.0 Å². The number of alkyl halides is 1. The normalized spacial score (nSPS) is 18.7. The Kier molecular flexibility index (Phi) is 32.6. The van der Waals surface area contributed by atoms with E-state index in [0.29, 0.717) is 120 Å². The van der Waals surface area contributed by atoms with Gasteiger partial charge in [-0.3, -0.25) is 72.6 Å². The average molecular weight is 1330 g/mol. The molecule has 3 aliphatic heterocycles. The van der Waals surface area contributed by atoms with Crippen LogP contribution in [-0.2, 0) is 59.0 Å². The van der Waals surface area contributed by atoms with Gasteiger partial charge in [-0.05, 0) is 82.3 Å². The standard InChI is InChI=1S/C64H92FN13O15S/c1-48-8-10-49(11-9-48)6-5-7-57(82)68-17-34-90-33-15-55(71-58(83)40-73-20-21-74(41-60(85)86)23-25-76(45-92-47-80)27-26-75(24-22-73)44-91-46-79)62(88)69-18-35-94-42-56(81)63(89)77-30-28-72(29-31-77)19-3-4-32-93-51-12-13-54-53(36-51)52(14-16-67-54)61(87)70-39-59(84)78-43-64(2,65)37-50(78)38-66/h8-14,16,36,46-47,50,55-56,81H,3-7,15,17-35,37,39-45H2,1-2H3,(H,68,82)(H,69,88)(H,70,87)(H,71,83)(H,85,86)/t50-,55?,56-,64?/m1/s1. The molecule has 3 aliphatic rings. The predicted octanol–water partition coefficient (Wildman–Crippen LogP) is 0.237. The van der Waals surface area contributed by atoms with Gasteiger partial charge in [-0.15, -0.1) is 0 Å². The zero-order valence-corrected chi connectivity index (χ0v) is 54.7. The molecule has 94 heavy (non-hydrogen) atoms. The summed E-state index contributed by atoms with van der Waals surface area (Å²) in [6.07, 6.45) is 3.55. The van der Waals surface area contributed by atoms with Gasteiger partial charge in [0.1, 0.15) is 43.1 Å². The molecule has 2 unspecified atom stereocenters. The molecule has 28 nitrogen and oxygen atoms in total. The van der Waals surface area contributed by atoms with E-state index in [1.165, 1.54) is 36.5 Å². The molecule has 0 radical (unpaired) electrons. The van der Waals surface area contributed by atoms with Gasteiger partial charge < -0.3 is 60.2 Å². The summed E-state index contributed by atoms with van der Waals surface area (Å²) in [5, 5.41) is 41.8. The van der Waals surface area contributed by atoms with Crippen LogP contribution in [-0.4, -0.2) is 297 Å². The van der Waals surface area contributed by atoms with Gasteiger partial charge >= 0.3 is 5.97 Å². The number of benzene rings is 2. The molecule has 0 aliphatic carbocycles. The van der Waals surface area contributed by atoms with E-state index >= 15 is 0 Å². The number of amides is 6. The van der Waals surface area contributed by atoms with Gasteiger partial charge in [0, 0.05) is 134 Å². The summed E-state index contributed by atoms with van der Waals surface area (Å²) in [6, 6.07) is 15.0. The Hall–Kier alpha value is -7.63. The molecule has 4 atom stereocenters. The number of carboxylic acid groups (broad SMARTS) is 1. The van der Waals surface area contributed by atoms with Crippen molar-refractivity contribution in [1.29, 1.82) is 5.26 Å². The van der Waals surface area contributed by atoms with Crippen molar-refractivity contribution in [2.45, 2.75) is 82.6 Å². The third kappa shape index (κ3) is 27.0. The first-order chi connectivity index (χ1) is 45.3. The lowest BCUT2D eigenvalue weighted by Crippen LogP contribution is -2.52. The van der Waals surface area contributed by atoms with Gasteiger partial charge in [0.05, 0.1) is 56.5 Å². The average Bonchev–Trinajstić information content (AvgIpc) is 1.02. The molecule has 516 valence electrons. The van der Waals surface area contributed by atoms with Crippen molar-refractivity contribution in [2.24, 2.45) is 0 Å². The number of nitriles is 1. The minimum atomic E-state index is -1.68. The fourth-order valence-corrected chi connectivity index (χ4v) is 11.8. The van der Waals surface area contributed by atoms with Gasteiger partial charge in [0.25, 0.3) is 24.8 Å². The number of nitrogens with zero attached hydrogens (tertiary/aromatic N) is 9. The Balaban J connectivity index is 0.918. The van der Waals surface area contributed by atoms with Crippen LogP contribution >= 0.6 is 11.8 Å². The van der Waals surface area contributed by atoms with E-state index < -0.39 is 60.0 Å². The van der Waals surface area contributed by atoms with Gasteiger partial charge in [-0.25, -0.2) is 4.39 Å². The van der Waals surface area contributed by atoms with Crippen LogP contribution in [0.5, 0.6) is 5.75 Å². The number of aliphatic hydroxyl groups excluding tert-OH is 1. The predicted molar refractivity (Wildman–Crippen MR) is 346 cm³/mol. The number of halogens is 1. The Morgan fingerprint density at radius 3 is 2.11 bits per heavy atom. The van der Waals surface area contributed by atoms with Crippen LogP contribution in [0.2, 0.25) is 0 Å². The fourth-order valence-electron chi connectivity index (χ4n) is 11.0. The molecule has 30 heteroatoms. The van der Waals surface area contributed by atoms with Gasteiger partial charge in [0.15, 0.2) is 0 Å². The Morgan fingerprint density at radius 1 is 0.787 bits per heavy atom. The van der Waals surface area contributed by atoms with Crippen LogP contribution in [0, 0.1) is 18.3 Å². The number of pyridine rings is 1. The molecule has 3 aromatic rings. The number of ether oxygens (including phenoxy) is 4. The summed E-state index contributed by atoms with van der Waals surface area (Å²) >= 11 is 1.29. The number of likely N-dealkylation sites (tertiary alicyclic amines) is 1. The van der Waals surface area contributed by atoms with Crippen molar-refractivity contribution in [3.8, 4) is 11.8 Å². The zero-order chi connectivity index (χ0) is 67.7. The first-order valence-electron chi connectivity index (χ1n) is 32.0. The molecule has 3 saturated heterocycles. The number of nitrogens with one attached hydrogen (secondary N) is 4. The number of thioether (sulfide) groups is 1. The quantitative estimate of drug-likeness (QED) is 0.0333. The third-order valence-corrected chi connectivity index (χ3v) is 17.4. The Labute approximate surface area is 552 Å². The van der Waals surface area contributed by atoms with Crippen LogP contribution in [0.4, 0.5) is 4.39 Å². The highest BCUT2D eigenvalue weighted by atomic mass is 32.2. The van der Waals surface area contributed by atoms with Crippen LogP contribution in [0.3, 0.4) is 0 Å². The molecule has 6 rings (SSSR count). The number of aliphatic hydroxyl groups is 1. The lowest BCUT2D eigenvalue weighted by Gasteiger charge is -2.35. The number of unbranched alkanes of at least 4 members (excludes halogenated alkanes) is 1. The van der Waals surface area contributed by atoms with E-state index in [1.54, 1.807) is 28.0 Å². The second-order valence-corrected chi connectivity index (χ2v) is 24.9. The maximum atomic E-state index is 14.6. The molecular formula is C64H92FN13O15S. The smallest absolute Gasteiger partial charge is 0.317 e. The van der Waals surface area contributed by atoms with E-state index in [-0.39, 0.29) is 108 Å². The first-order valence-corrected chi connectivity index (χ1v) is 33.1. The molecule has 6 amide bonds. The number of hydrogen-bond acceptors (Lipinski definition) is 22. The molecule has 0 spiro atoms. The van der Waals surface area contributed by atoms with Crippen molar-refractivity contribution < 1.29 is 76.7 Å². The fraction of sp³-hybridized carbons (Fsp3) is 0.609. The number of fused-ring (bicyclic) bond motifs is 1. The summed E-state index contributed by atoms with van der Waals surface area (Å²) in [7, 11) is 0. The number of piperazine rings is 1. The third-order valence-electron chi connectivity index (χ3n) is 16.3. The zero-order valence-electron chi connectivity index (χ0n) is 53.9. The molecule has 0 saturated carbocycles. The summed E-state index contributed by atoms with van der Waals surface area (Å²) in [5.41, 5.74) is 1.46. The molecule has 0 bridgehead atoms. The number of aromatic nitrogens is 1. The number of aryl methyl sites for hydroxylation is 2. The first kappa shape index (κ1) is 75.4. The number of aliphatic carboxylic acids is 1. The van der Waals surface area contributed by atoms with Gasteiger partial charge in [-0.2, -0.15) is 17.0 Å². The van der Waals surface area contributed by atoms with Crippen LogP contribution in [0.15, 0.2) is 54.7 Å². The molecule has 2 aromatic carbocycles. The second kappa shape index (κ2) is 40.6. The summed E-state index contributed by atoms with van der Waals surface area (Å²) in [4.78, 5) is 130. The number of carbonyl (C=O) groups is 9. The van der Waals surface area contributed by atoms with Crippen molar-refractivity contribution in [3.63, 3.8) is 0 Å². The lowest BCUT2D eigenvalue weighted by molar-refractivity contribution is -0.141. The largest absolute Gasteiger partial charge is 0.494 e. The monoisotopic (exact) mass is 1330 g/mol. The molecule has 4 heterocycles. The highest BCUT2D eigenvalue weighted by molar-refractivity contribution is 7.99. The van der Waals surface area contributed by atoms with E-state index in [4.69, 9.17) is 18.9 Å². The topological polar surface area (TPSA) is 338 Å². The number of carbonyl (C=O) groups excluding carboxylic acids is 8. The highest BCUT2D eigenvalue weighted by Crippen LogP contribution is 2.30. The molecule has 6 N–H and O–H groups in total. The highest BCUT2D eigenvalue weighted by Gasteiger charge is 2.43. The molecule has 1 aromatic heterocycles. The molecular weight excluding hydrogens is 1240 g/mol. The lowest BCUT2D eigenvalue weighted by atomic mass is 10.1. The summed E-state index contributed by atoms with van der Waals surface area (Å²) in [6.45, 7) is 9.43. The number of hydrogen-bond donors (Lipinski definition) is 6. The van der Waals surface area contributed by atoms with Crippen molar-refractivity contribution >= 4 is 77.0 Å². The summed E-state index contributed by atoms with van der Waals surface area (Å²) in [5.74, 6) is -2.61. The van der Waals surface area contributed by atoms with E-state index in [1.807, 2.05) is 39.8 Å². The Morgan fingerprint density at radius 2 is 1.45 bits per heavy atom. The maximum absolute atomic E-state index is 14.6. The second-order valence-electron chi connectivity index (χ2n) is 23.8. The number of carboxylic acids is 1. The van der Waals surface area contributed by atoms with Crippen LogP contribution < -0.4 is 26.0 Å². The number of rotatable bonds is 37. The maximum Gasteiger partial charge on any atom is 0.317 e. The van der Waals surface area contributed by atoms with Crippen molar-refractivity contribution in [1.82, 2.24) is 60.6 Å². The summed E-state index contributed by atoms with van der Waals surface area (Å²) < 4.78 is 36.5. The minimum Gasteiger partial charge on any atom is -0.494 e. The van der Waals surface area contributed by atoms with E-state index in [2.05, 4.69) is 43.3 Å². The van der Waals surface area contributed by atoms with Crippen LogP contribution in [0.25, 0.3) is 10.9 Å². The van der Waals surface area contributed by atoms with Crippen molar-refractivity contribution in [2.75, 3.05) is 169 Å². The van der Waals surface area contributed by atoms with E-state index in [0.717, 1.165) is 36.3 Å². The van der Waals surface area contributed by atoms with Gasteiger partial charge in [-0.1, -0.05) is 29.8 Å². The minimum absolute atomic E-state index is 0.0179. The Bertz CT molecular complexity index is 2980. The van der Waals surface area contributed by atoms with Crippen LogP contribution in [0.1, 0.15) is 66.9 Å².